The zero-order valence-electron chi connectivity index (χ0n) is 18.6. The van der Waals surface area contributed by atoms with Gasteiger partial charge in [0.1, 0.15) is 5.82 Å². The van der Waals surface area contributed by atoms with Crippen molar-refractivity contribution in [1.29, 1.82) is 0 Å². The first-order valence-electron chi connectivity index (χ1n) is 11.2. The standard InChI is InChI=1S/C27H30FN3O/c1-30-16-18-31(19-17-30)20-22-4-2-21(3-5-22)14-15-29-27(32)25-8-6-23(7-9-25)24-10-12-26(28)13-11-24/h2-13H,14-20H2,1H3,(H,29,32). The van der Waals surface area contributed by atoms with E-state index in [0.717, 1.165) is 50.3 Å². The first-order chi connectivity index (χ1) is 15.6. The van der Waals surface area contributed by atoms with Crippen molar-refractivity contribution < 1.29 is 9.18 Å². The van der Waals surface area contributed by atoms with Crippen molar-refractivity contribution >= 4 is 5.91 Å². The molecule has 4 rings (SSSR count). The Morgan fingerprint density at radius 3 is 2.00 bits per heavy atom. The van der Waals surface area contributed by atoms with Crippen molar-refractivity contribution in [1.82, 2.24) is 15.1 Å². The van der Waals surface area contributed by atoms with Gasteiger partial charge in [0.05, 0.1) is 0 Å². The first-order valence-corrected chi connectivity index (χ1v) is 11.2. The molecule has 4 nitrogen and oxygen atoms in total. The predicted octanol–water partition coefficient (Wildman–Crippen LogP) is 4.21. The number of hydrogen-bond donors (Lipinski definition) is 1. The summed E-state index contributed by atoms with van der Waals surface area (Å²) < 4.78 is 13.1. The fourth-order valence-corrected chi connectivity index (χ4v) is 3.95. The second kappa shape index (κ2) is 10.5. The van der Waals surface area contributed by atoms with Gasteiger partial charge in [0, 0.05) is 44.8 Å². The third kappa shape index (κ3) is 6.02. The molecule has 0 unspecified atom stereocenters. The van der Waals surface area contributed by atoms with Crippen molar-refractivity contribution in [3.8, 4) is 11.1 Å². The molecule has 1 aliphatic heterocycles. The molecule has 0 atom stereocenters. The predicted molar refractivity (Wildman–Crippen MR) is 127 cm³/mol. The lowest BCUT2D eigenvalue weighted by molar-refractivity contribution is 0.0954. The van der Waals surface area contributed by atoms with E-state index in [0.29, 0.717) is 12.1 Å². The van der Waals surface area contributed by atoms with E-state index in [-0.39, 0.29) is 11.7 Å². The third-order valence-corrected chi connectivity index (χ3v) is 6.05. The molecule has 3 aromatic carbocycles. The Balaban J connectivity index is 1.23. The van der Waals surface area contributed by atoms with E-state index in [2.05, 4.69) is 46.4 Å². The van der Waals surface area contributed by atoms with Gasteiger partial charge in [-0.15, -0.1) is 0 Å². The Kier molecular flexibility index (Phi) is 7.30. The van der Waals surface area contributed by atoms with E-state index >= 15 is 0 Å². The minimum absolute atomic E-state index is 0.0812. The maximum atomic E-state index is 13.1. The lowest BCUT2D eigenvalue weighted by atomic mass is 10.0. The average molecular weight is 432 g/mol. The van der Waals surface area contributed by atoms with Crippen molar-refractivity contribution in [2.45, 2.75) is 13.0 Å². The molecule has 0 saturated carbocycles. The summed E-state index contributed by atoms with van der Waals surface area (Å²) in [6.07, 6.45) is 0.800. The second-order valence-electron chi connectivity index (χ2n) is 8.49. The molecule has 0 bridgehead atoms. The molecule has 1 fully saturated rings. The minimum Gasteiger partial charge on any atom is -0.352 e. The molecule has 0 spiro atoms. The molecule has 1 amide bonds. The molecule has 1 aliphatic rings. The highest BCUT2D eigenvalue weighted by atomic mass is 19.1. The highest BCUT2D eigenvalue weighted by molar-refractivity contribution is 5.94. The maximum Gasteiger partial charge on any atom is 0.251 e. The number of rotatable bonds is 7. The summed E-state index contributed by atoms with van der Waals surface area (Å²) in [5, 5.41) is 3.00. The highest BCUT2D eigenvalue weighted by Crippen LogP contribution is 2.20. The Hall–Kier alpha value is -3.02. The van der Waals surface area contributed by atoms with Crippen LogP contribution >= 0.6 is 0 Å². The number of hydrogen-bond acceptors (Lipinski definition) is 3. The monoisotopic (exact) mass is 431 g/mol. The topological polar surface area (TPSA) is 35.6 Å². The van der Waals surface area contributed by atoms with Crippen LogP contribution in [0.2, 0.25) is 0 Å². The smallest absolute Gasteiger partial charge is 0.251 e. The number of likely N-dealkylation sites (N-methyl/N-ethyl adjacent to an activating group) is 1. The van der Waals surface area contributed by atoms with Crippen LogP contribution in [-0.4, -0.2) is 55.5 Å². The molecule has 5 heteroatoms. The highest BCUT2D eigenvalue weighted by Gasteiger charge is 2.13. The Morgan fingerprint density at radius 1 is 0.812 bits per heavy atom. The number of piperazine rings is 1. The number of carbonyl (C=O) groups is 1. The first kappa shape index (κ1) is 22.2. The lowest BCUT2D eigenvalue weighted by Gasteiger charge is -2.32. The molecule has 3 aromatic rings. The average Bonchev–Trinajstić information content (AvgIpc) is 2.82. The number of halogens is 1. The van der Waals surface area contributed by atoms with E-state index in [1.807, 2.05) is 12.1 Å². The van der Waals surface area contributed by atoms with Gasteiger partial charge >= 0.3 is 0 Å². The van der Waals surface area contributed by atoms with Crippen LogP contribution < -0.4 is 5.32 Å². The number of amides is 1. The van der Waals surface area contributed by atoms with Gasteiger partial charge in [-0.1, -0.05) is 48.5 Å². The summed E-state index contributed by atoms with van der Waals surface area (Å²) in [6.45, 7) is 6.10. The van der Waals surface area contributed by atoms with Crippen LogP contribution in [0.15, 0.2) is 72.8 Å². The van der Waals surface area contributed by atoms with E-state index < -0.39 is 0 Å². The van der Waals surface area contributed by atoms with Crippen LogP contribution in [0.5, 0.6) is 0 Å². The SMILES string of the molecule is CN1CCN(Cc2ccc(CCNC(=O)c3ccc(-c4ccc(F)cc4)cc3)cc2)CC1. The molecule has 1 heterocycles. The molecule has 1 N–H and O–H groups in total. The molecule has 1 saturated heterocycles. The number of nitrogens with one attached hydrogen (secondary N) is 1. The maximum absolute atomic E-state index is 13.1. The van der Waals surface area contributed by atoms with Crippen LogP contribution in [0.25, 0.3) is 11.1 Å². The van der Waals surface area contributed by atoms with E-state index in [1.54, 1.807) is 24.3 Å². The van der Waals surface area contributed by atoms with Crippen LogP contribution in [0, 0.1) is 5.82 Å². The Labute approximate surface area is 189 Å². The summed E-state index contributed by atoms with van der Waals surface area (Å²) in [5.41, 5.74) is 5.06. The van der Waals surface area contributed by atoms with Crippen LogP contribution in [0.1, 0.15) is 21.5 Å². The van der Waals surface area contributed by atoms with Gasteiger partial charge in [0.25, 0.3) is 5.91 Å². The van der Waals surface area contributed by atoms with Gasteiger partial charge in [-0.25, -0.2) is 4.39 Å². The summed E-state index contributed by atoms with van der Waals surface area (Å²) >= 11 is 0. The largest absolute Gasteiger partial charge is 0.352 e. The minimum atomic E-state index is -0.255. The quantitative estimate of drug-likeness (QED) is 0.609. The molecule has 166 valence electrons. The fraction of sp³-hybridized carbons (Fsp3) is 0.296. The Bertz CT molecular complexity index is 1010. The summed E-state index contributed by atoms with van der Waals surface area (Å²) in [4.78, 5) is 17.3. The molecule has 0 aromatic heterocycles. The number of carbonyl (C=O) groups excluding carboxylic acids is 1. The lowest BCUT2D eigenvalue weighted by Crippen LogP contribution is -2.43. The van der Waals surface area contributed by atoms with Gasteiger partial charge < -0.3 is 10.2 Å². The van der Waals surface area contributed by atoms with Crippen LogP contribution in [0.4, 0.5) is 4.39 Å². The van der Waals surface area contributed by atoms with E-state index in [4.69, 9.17) is 0 Å². The van der Waals surface area contributed by atoms with Gasteiger partial charge in [-0.3, -0.25) is 9.69 Å². The number of nitrogens with zero attached hydrogens (tertiary/aromatic N) is 2. The van der Waals surface area contributed by atoms with Gasteiger partial charge in [-0.05, 0) is 60.0 Å². The molecular weight excluding hydrogens is 401 g/mol. The molecule has 0 aliphatic carbocycles. The van der Waals surface area contributed by atoms with E-state index in [1.165, 1.54) is 23.3 Å². The summed E-state index contributed by atoms with van der Waals surface area (Å²) in [7, 11) is 2.17. The Morgan fingerprint density at radius 2 is 1.38 bits per heavy atom. The van der Waals surface area contributed by atoms with Crippen molar-refractivity contribution in [3.05, 3.63) is 95.3 Å². The zero-order chi connectivity index (χ0) is 22.3. The summed E-state index contributed by atoms with van der Waals surface area (Å²) in [6, 6.07) is 22.5. The van der Waals surface area contributed by atoms with Crippen LogP contribution in [0.3, 0.4) is 0 Å². The third-order valence-electron chi connectivity index (χ3n) is 6.05. The van der Waals surface area contributed by atoms with Crippen molar-refractivity contribution in [3.63, 3.8) is 0 Å². The molecular formula is C27H30FN3O. The molecule has 0 radical (unpaired) electrons. The van der Waals surface area contributed by atoms with Gasteiger partial charge in [0.2, 0.25) is 0 Å². The van der Waals surface area contributed by atoms with Crippen molar-refractivity contribution in [2.24, 2.45) is 0 Å². The van der Waals surface area contributed by atoms with E-state index in [9.17, 15) is 9.18 Å². The van der Waals surface area contributed by atoms with Crippen LogP contribution in [-0.2, 0) is 13.0 Å². The van der Waals surface area contributed by atoms with Gasteiger partial charge in [0.15, 0.2) is 0 Å². The zero-order valence-corrected chi connectivity index (χ0v) is 18.6. The summed E-state index contributed by atoms with van der Waals surface area (Å²) in [5.74, 6) is -0.336. The van der Waals surface area contributed by atoms with Gasteiger partial charge in [-0.2, -0.15) is 0 Å². The number of benzene rings is 3. The normalized spacial score (nSPS) is 14.9. The fourth-order valence-electron chi connectivity index (χ4n) is 3.95. The molecule has 32 heavy (non-hydrogen) atoms. The van der Waals surface area contributed by atoms with Crippen molar-refractivity contribution in [2.75, 3.05) is 39.8 Å². The second-order valence-corrected chi connectivity index (χ2v) is 8.49.